The minimum absolute atomic E-state index is 0.430. The number of primary amides is 1. The molecule has 24 heavy (non-hydrogen) atoms. The minimum atomic E-state index is -0.438. The van der Waals surface area contributed by atoms with Crippen molar-refractivity contribution in [1.29, 1.82) is 0 Å². The van der Waals surface area contributed by atoms with Gasteiger partial charge in [-0.15, -0.1) is 0 Å². The average molecular weight is 324 g/mol. The lowest BCUT2D eigenvalue weighted by molar-refractivity contribution is 0.0998. The molecule has 3 heterocycles. The number of rotatable bonds is 1. The van der Waals surface area contributed by atoms with Crippen LogP contribution in [0.25, 0.3) is 0 Å². The standard InChI is InChI=1S/C18H16N2O4/c19-17(21)10-2-1-3-12-16(10)18(8-20-12)9-24-13-7-15-14(6-11(13)18)22-4-5-23-15/h1-3,6-7,20H,4-5,8-9H2,(H2,19,21). The number of ether oxygens (including phenoxy) is 3. The fourth-order valence-corrected chi connectivity index (χ4v) is 3.95. The van der Waals surface area contributed by atoms with Gasteiger partial charge in [-0.3, -0.25) is 4.79 Å². The Morgan fingerprint density at radius 1 is 1.08 bits per heavy atom. The van der Waals surface area contributed by atoms with Gasteiger partial charge in [0.1, 0.15) is 25.6 Å². The molecule has 6 nitrogen and oxygen atoms in total. The second-order valence-corrected chi connectivity index (χ2v) is 6.31. The number of nitrogens with two attached hydrogens (primary N) is 1. The Hall–Kier alpha value is -2.89. The SMILES string of the molecule is NC(=O)c1cccc2c1C1(CN2)COc2cc3c(cc21)OCCO3. The van der Waals surface area contributed by atoms with E-state index in [0.717, 1.165) is 28.3 Å². The maximum Gasteiger partial charge on any atom is 0.249 e. The van der Waals surface area contributed by atoms with Gasteiger partial charge in [0, 0.05) is 35.0 Å². The maximum absolute atomic E-state index is 12.0. The summed E-state index contributed by atoms with van der Waals surface area (Å²) in [5.41, 5.74) is 8.55. The van der Waals surface area contributed by atoms with Crippen LogP contribution in [0.4, 0.5) is 5.69 Å². The van der Waals surface area contributed by atoms with Crippen molar-refractivity contribution in [3.8, 4) is 17.2 Å². The van der Waals surface area contributed by atoms with Crippen molar-refractivity contribution in [2.45, 2.75) is 5.41 Å². The normalized spacial score (nSPS) is 22.5. The third-order valence-corrected chi connectivity index (χ3v) is 5.02. The molecular weight excluding hydrogens is 308 g/mol. The third kappa shape index (κ3) is 1.62. The van der Waals surface area contributed by atoms with Crippen LogP contribution in [0.1, 0.15) is 21.5 Å². The number of fused-ring (bicyclic) bond motifs is 5. The van der Waals surface area contributed by atoms with Crippen molar-refractivity contribution in [1.82, 2.24) is 0 Å². The van der Waals surface area contributed by atoms with Gasteiger partial charge in [-0.1, -0.05) is 6.07 Å². The number of anilines is 1. The first kappa shape index (κ1) is 13.5. The number of nitrogens with one attached hydrogen (secondary N) is 1. The van der Waals surface area contributed by atoms with Crippen LogP contribution in [0.2, 0.25) is 0 Å². The summed E-state index contributed by atoms with van der Waals surface area (Å²) in [6, 6.07) is 9.43. The quantitative estimate of drug-likeness (QED) is 0.833. The van der Waals surface area contributed by atoms with Gasteiger partial charge in [0.05, 0.1) is 5.41 Å². The molecule has 3 aliphatic rings. The van der Waals surface area contributed by atoms with Gasteiger partial charge in [-0.2, -0.15) is 0 Å². The van der Waals surface area contributed by atoms with Crippen molar-refractivity contribution in [3.05, 3.63) is 47.0 Å². The molecule has 1 atom stereocenters. The van der Waals surface area contributed by atoms with E-state index in [0.29, 0.717) is 37.7 Å². The summed E-state index contributed by atoms with van der Waals surface area (Å²) in [6.45, 7) is 2.17. The van der Waals surface area contributed by atoms with Crippen molar-refractivity contribution in [2.24, 2.45) is 5.73 Å². The predicted molar refractivity (Wildman–Crippen MR) is 87.2 cm³/mol. The van der Waals surface area contributed by atoms with Crippen LogP contribution in [0.15, 0.2) is 30.3 Å². The minimum Gasteiger partial charge on any atom is -0.492 e. The molecule has 1 spiro atoms. The number of benzene rings is 2. The molecule has 3 aliphatic heterocycles. The van der Waals surface area contributed by atoms with E-state index in [4.69, 9.17) is 19.9 Å². The van der Waals surface area contributed by atoms with Crippen LogP contribution in [-0.4, -0.2) is 32.3 Å². The molecule has 0 bridgehead atoms. The number of hydrogen-bond acceptors (Lipinski definition) is 5. The lowest BCUT2D eigenvalue weighted by Gasteiger charge is -2.25. The second kappa shape index (κ2) is 4.56. The highest BCUT2D eigenvalue weighted by molar-refractivity contribution is 5.97. The molecule has 0 aromatic heterocycles. The molecule has 1 unspecified atom stereocenters. The summed E-state index contributed by atoms with van der Waals surface area (Å²) in [6.07, 6.45) is 0. The fourth-order valence-electron chi connectivity index (χ4n) is 3.95. The number of carbonyl (C=O) groups excluding carboxylic acids is 1. The molecule has 1 amide bonds. The zero-order valence-corrected chi connectivity index (χ0v) is 12.9. The molecule has 5 rings (SSSR count). The molecule has 122 valence electrons. The van der Waals surface area contributed by atoms with Crippen molar-refractivity contribution >= 4 is 11.6 Å². The lowest BCUT2D eigenvalue weighted by Crippen LogP contribution is -2.34. The van der Waals surface area contributed by atoms with Gasteiger partial charge in [-0.05, 0) is 18.2 Å². The molecule has 2 aromatic rings. The highest BCUT2D eigenvalue weighted by Gasteiger charge is 2.49. The van der Waals surface area contributed by atoms with E-state index >= 15 is 0 Å². The topological polar surface area (TPSA) is 82.8 Å². The van der Waals surface area contributed by atoms with E-state index in [9.17, 15) is 4.79 Å². The Morgan fingerprint density at radius 3 is 2.67 bits per heavy atom. The van der Waals surface area contributed by atoms with Crippen molar-refractivity contribution < 1.29 is 19.0 Å². The molecule has 3 N–H and O–H groups in total. The monoisotopic (exact) mass is 324 g/mol. The third-order valence-electron chi connectivity index (χ3n) is 5.02. The van der Waals surface area contributed by atoms with Crippen LogP contribution in [0.3, 0.4) is 0 Å². The zero-order valence-electron chi connectivity index (χ0n) is 12.9. The molecule has 2 aromatic carbocycles. The second-order valence-electron chi connectivity index (χ2n) is 6.31. The van der Waals surface area contributed by atoms with Crippen LogP contribution >= 0.6 is 0 Å². The maximum atomic E-state index is 12.0. The Balaban J connectivity index is 1.74. The fraction of sp³-hybridized carbons (Fsp3) is 0.278. The van der Waals surface area contributed by atoms with Crippen LogP contribution < -0.4 is 25.3 Å². The Kier molecular flexibility index (Phi) is 2.58. The Bertz CT molecular complexity index is 880. The number of carbonyl (C=O) groups is 1. The van der Waals surface area contributed by atoms with Crippen LogP contribution in [0, 0.1) is 0 Å². The molecule has 0 saturated heterocycles. The lowest BCUT2D eigenvalue weighted by atomic mass is 9.75. The summed E-state index contributed by atoms with van der Waals surface area (Å²) in [7, 11) is 0. The smallest absolute Gasteiger partial charge is 0.249 e. The van der Waals surface area contributed by atoms with E-state index in [-0.39, 0.29) is 0 Å². The molecule has 0 saturated carbocycles. The molecular formula is C18H16N2O4. The van der Waals surface area contributed by atoms with E-state index in [1.54, 1.807) is 6.07 Å². The molecule has 0 fully saturated rings. The van der Waals surface area contributed by atoms with Gasteiger partial charge < -0.3 is 25.3 Å². The van der Waals surface area contributed by atoms with Gasteiger partial charge >= 0.3 is 0 Å². The first-order valence-corrected chi connectivity index (χ1v) is 7.93. The summed E-state index contributed by atoms with van der Waals surface area (Å²) in [5, 5.41) is 3.39. The van der Waals surface area contributed by atoms with Crippen LogP contribution in [0.5, 0.6) is 17.2 Å². The van der Waals surface area contributed by atoms with Gasteiger partial charge in [0.2, 0.25) is 5.91 Å². The average Bonchev–Trinajstić information content (AvgIpc) is 3.16. The Morgan fingerprint density at radius 2 is 1.88 bits per heavy atom. The number of hydrogen-bond donors (Lipinski definition) is 2. The first-order valence-electron chi connectivity index (χ1n) is 7.93. The van der Waals surface area contributed by atoms with Crippen LogP contribution in [-0.2, 0) is 5.41 Å². The van der Waals surface area contributed by atoms with Gasteiger partial charge in [0.25, 0.3) is 0 Å². The zero-order chi connectivity index (χ0) is 16.3. The van der Waals surface area contributed by atoms with E-state index in [1.165, 1.54) is 0 Å². The summed E-state index contributed by atoms with van der Waals surface area (Å²) in [4.78, 5) is 12.0. The Labute approximate surface area is 138 Å². The summed E-state index contributed by atoms with van der Waals surface area (Å²) in [5.74, 6) is 1.76. The van der Waals surface area contributed by atoms with Crippen molar-refractivity contribution in [2.75, 3.05) is 31.7 Å². The van der Waals surface area contributed by atoms with E-state index < -0.39 is 11.3 Å². The van der Waals surface area contributed by atoms with E-state index in [2.05, 4.69) is 5.32 Å². The van der Waals surface area contributed by atoms with Gasteiger partial charge in [0.15, 0.2) is 11.5 Å². The van der Waals surface area contributed by atoms with Crippen molar-refractivity contribution in [3.63, 3.8) is 0 Å². The highest BCUT2D eigenvalue weighted by atomic mass is 16.6. The first-order chi connectivity index (χ1) is 11.7. The highest BCUT2D eigenvalue weighted by Crippen LogP contribution is 2.53. The molecule has 6 heteroatoms. The summed E-state index contributed by atoms with van der Waals surface area (Å²) < 4.78 is 17.3. The van der Waals surface area contributed by atoms with E-state index in [1.807, 2.05) is 24.3 Å². The number of amides is 1. The molecule has 0 radical (unpaired) electrons. The predicted octanol–water partition coefficient (Wildman–Crippen LogP) is 1.66. The molecule has 0 aliphatic carbocycles. The van der Waals surface area contributed by atoms with Gasteiger partial charge in [-0.25, -0.2) is 0 Å². The largest absolute Gasteiger partial charge is 0.492 e. The summed E-state index contributed by atoms with van der Waals surface area (Å²) >= 11 is 0.